The minimum absolute atomic E-state index is 0.0579. The second-order valence-corrected chi connectivity index (χ2v) is 8.95. The van der Waals surface area contributed by atoms with Crippen LogP contribution in [0.5, 0.6) is 0 Å². The van der Waals surface area contributed by atoms with Crippen molar-refractivity contribution in [1.82, 2.24) is 15.2 Å². The summed E-state index contributed by atoms with van der Waals surface area (Å²) in [4.78, 5) is 29.8. The number of benzene rings is 1. The Labute approximate surface area is 185 Å². The number of fused-ring (bicyclic) bond motifs is 2. The largest absolute Gasteiger partial charge is 0.398 e. The zero-order valence-corrected chi connectivity index (χ0v) is 18.4. The molecule has 2 aromatic rings. The molecule has 1 aliphatic carbocycles. The minimum Gasteiger partial charge on any atom is -0.398 e. The molecule has 1 aromatic carbocycles. The van der Waals surface area contributed by atoms with Crippen molar-refractivity contribution in [2.45, 2.75) is 37.6 Å². The van der Waals surface area contributed by atoms with Crippen LogP contribution in [0.3, 0.4) is 0 Å². The van der Waals surface area contributed by atoms with Gasteiger partial charge in [-0.25, -0.2) is 9.37 Å². The van der Waals surface area contributed by atoms with Crippen LogP contribution in [0.25, 0.3) is 11.1 Å². The fourth-order valence-electron chi connectivity index (χ4n) is 4.80. The van der Waals surface area contributed by atoms with Crippen LogP contribution in [0, 0.1) is 5.82 Å². The van der Waals surface area contributed by atoms with Crippen molar-refractivity contribution in [3.8, 4) is 11.1 Å². The topological polar surface area (TPSA) is 100 Å². The third kappa shape index (κ3) is 3.48. The summed E-state index contributed by atoms with van der Waals surface area (Å²) in [7, 11) is 3.08. The molecule has 2 unspecified atom stereocenters. The van der Waals surface area contributed by atoms with Gasteiger partial charge in [0.15, 0.2) is 0 Å². The number of carbonyl (C=O) groups is 2. The van der Waals surface area contributed by atoms with E-state index >= 15 is 4.39 Å². The van der Waals surface area contributed by atoms with Crippen LogP contribution >= 0.6 is 11.6 Å². The van der Waals surface area contributed by atoms with E-state index in [0.717, 1.165) is 24.8 Å². The molecule has 0 radical (unpaired) electrons. The number of pyridine rings is 1. The number of nitrogens with one attached hydrogen (secondary N) is 2. The Morgan fingerprint density at radius 1 is 1.35 bits per heavy atom. The first-order valence-corrected chi connectivity index (χ1v) is 10.5. The number of nitrogens with two attached hydrogens (primary N) is 1. The fourth-order valence-corrected chi connectivity index (χ4v) is 5.24. The number of halogens is 2. The lowest BCUT2D eigenvalue weighted by Gasteiger charge is -2.25. The van der Waals surface area contributed by atoms with Crippen molar-refractivity contribution in [2.75, 3.05) is 31.7 Å². The van der Waals surface area contributed by atoms with Crippen molar-refractivity contribution in [2.24, 2.45) is 0 Å². The van der Waals surface area contributed by atoms with Crippen molar-refractivity contribution in [1.29, 1.82) is 0 Å². The normalized spacial score (nSPS) is 21.6. The summed E-state index contributed by atoms with van der Waals surface area (Å²) >= 11 is 6.86. The molecule has 1 aromatic heterocycles. The number of hydrogen-bond acceptors (Lipinski definition) is 5. The smallest absolute Gasteiger partial charge is 0.258 e. The highest BCUT2D eigenvalue weighted by atomic mass is 35.5. The maximum atomic E-state index is 15.5. The van der Waals surface area contributed by atoms with Gasteiger partial charge < -0.3 is 21.3 Å². The summed E-state index contributed by atoms with van der Waals surface area (Å²) in [5.41, 5.74) is 6.94. The molecule has 1 aliphatic heterocycles. The molecule has 2 amide bonds. The number of carbonyl (C=O) groups excluding carboxylic acids is 2. The summed E-state index contributed by atoms with van der Waals surface area (Å²) in [6.07, 6.45) is 3.91. The molecule has 1 fully saturated rings. The van der Waals surface area contributed by atoms with E-state index in [1.54, 1.807) is 14.1 Å². The number of nitrogens with zero attached hydrogens (tertiary/aromatic N) is 2. The molecule has 1 saturated carbocycles. The van der Waals surface area contributed by atoms with Gasteiger partial charge in [0.25, 0.3) is 5.91 Å². The van der Waals surface area contributed by atoms with E-state index in [1.807, 2.05) is 0 Å². The van der Waals surface area contributed by atoms with E-state index in [9.17, 15) is 9.59 Å². The first-order chi connectivity index (χ1) is 14.6. The lowest BCUT2D eigenvalue weighted by atomic mass is 9.80. The Bertz CT molecular complexity index is 1090. The maximum Gasteiger partial charge on any atom is 0.258 e. The first-order valence-electron chi connectivity index (χ1n) is 10.1. The molecule has 4 N–H and O–H groups in total. The summed E-state index contributed by atoms with van der Waals surface area (Å²) in [6.45, 7) is 2.16. The summed E-state index contributed by atoms with van der Waals surface area (Å²) in [6, 6.07) is 3.09. The predicted molar refractivity (Wildman–Crippen MR) is 119 cm³/mol. The third-order valence-electron chi connectivity index (χ3n) is 6.24. The van der Waals surface area contributed by atoms with Crippen molar-refractivity contribution >= 4 is 34.9 Å². The Morgan fingerprint density at radius 3 is 2.77 bits per heavy atom. The Kier molecular flexibility index (Phi) is 5.29. The van der Waals surface area contributed by atoms with Crippen molar-refractivity contribution in [3.05, 3.63) is 40.3 Å². The lowest BCUT2D eigenvalue weighted by molar-refractivity contribution is -0.119. The van der Waals surface area contributed by atoms with Crippen molar-refractivity contribution in [3.63, 3.8) is 0 Å². The number of anilines is 2. The van der Waals surface area contributed by atoms with Crippen LogP contribution < -0.4 is 16.4 Å². The predicted octanol–water partition coefficient (Wildman–Crippen LogP) is 3.18. The van der Waals surface area contributed by atoms with Crippen LogP contribution in [0.15, 0.2) is 18.3 Å². The second kappa shape index (κ2) is 7.67. The molecule has 4 rings (SSSR count). The monoisotopic (exact) mass is 445 g/mol. The van der Waals surface area contributed by atoms with Gasteiger partial charge in [-0.05, 0) is 31.4 Å². The molecular formula is C22H25ClFN5O2. The van der Waals surface area contributed by atoms with E-state index in [2.05, 4.69) is 15.6 Å². The minimum atomic E-state index is -0.718. The molecule has 7 nitrogen and oxygen atoms in total. The van der Waals surface area contributed by atoms with Crippen LogP contribution in [0.2, 0.25) is 5.02 Å². The second-order valence-electron chi connectivity index (χ2n) is 8.57. The first kappa shape index (κ1) is 21.4. The third-order valence-corrected chi connectivity index (χ3v) is 6.63. The van der Waals surface area contributed by atoms with Crippen LogP contribution in [0.4, 0.5) is 15.9 Å². The molecule has 0 saturated heterocycles. The fraction of sp³-hybridized carbons (Fsp3) is 0.409. The molecule has 31 heavy (non-hydrogen) atoms. The van der Waals surface area contributed by atoms with Gasteiger partial charge in [0.05, 0.1) is 10.6 Å². The maximum absolute atomic E-state index is 15.5. The van der Waals surface area contributed by atoms with Gasteiger partial charge in [-0.2, -0.15) is 0 Å². The number of aromatic nitrogens is 1. The highest BCUT2D eigenvalue weighted by Gasteiger charge is 2.47. The number of nitrogen functional groups attached to an aromatic ring is 1. The average Bonchev–Trinajstić information content (AvgIpc) is 3.26. The summed E-state index contributed by atoms with van der Waals surface area (Å²) < 4.78 is 15.5. The molecule has 2 heterocycles. The van der Waals surface area contributed by atoms with E-state index < -0.39 is 11.7 Å². The Balaban J connectivity index is 1.80. The van der Waals surface area contributed by atoms with Gasteiger partial charge in [-0.15, -0.1) is 0 Å². The molecular weight excluding hydrogens is 421 g/mol. The quantitative estimate of drug-likeness (QED) is 0.630. The van der Waals surface area contributed by atoms with E-state index in [0.29, 0.717) is 22.9 Å². The van der Waals surface area contributed by atoms with Crippen LogP contribution in [-0.4, -0.2) is 48.4 Å². The van der Waals surface area contributed by atoms with Gasteiger partial charge >= 0.3 is 0 Å². The summed E-state index contributed by atoms with van der Waals surface area (Å²) in [5, 5.41) is 6.71. The van der Waals surface area contributed by atoms with E-state index in [-0.39, 0.29) is 34.2 Å². The number of hydrogen-bond donors (Lipinski definition) is 3. The van der Waals surface area contributed by atoms with Crippen LogP contribution in [0.1, 0.15) is 42.1 Å². The van der Waals surface area contributed by atoms with Gasteiger partial charge in [-0.1, -0.05) is 11.6 Å². The zero-order chi connectivity index (χ0) is 22.5. The SMILES string of the molecule is CC(=O)NC1CCC2(CNc3ncc(-c4ccc(N)c(C(=O)N(C)C)c4F)c(Cl)c32)C1. The van der Waals surface area contributed by atoms with Gasteiger partial charge in [0.1, 0.15) is 11.6 Å². The van der Waals surface area contributed by atoms with Gasteiger partial charge in [0.2, 0.25) is 5.91 Å². The van der Waals surface area contributed by atoms with Gasteiger partial charge in [-0.3, -0.25) is 9.59 Å². The summed E-state index contributed by atoms with van der Waals surface area (Å²) in [5.74, 6) is -0.620. The highest BCUT2D eigenvalue weighted by molar-refractivity contribution is 6.34. The standard InChI is InChI=1S/C22H25ClFN5O2/c1-11(30)28-12-6-7-22(8-12)10-27-20-17(22)18(23)14(9-26-20)13-4-5-15(25)16(19(13)24)21(31)29(2)3/h4-5,9,12H,6-8,10,25H2,1-3H3,(H,26,27)(H,28,30). The number of amides is 2. The molecule has 2 aliphatic rings. The molecule has 1 spiro atoms. The van der Waals surface area contributed by atoms with Crippen LogP contribution in [-0.2, 0) is 10.2 Å². The molecule has 2 atom stereocenters. The average molecular weight is 446 g/mol. The lowest BCUT2D eigenvalue weighted by Crippen LogP contribution is -2.34. The Hall–Kier alpha value is -2.87. The molecule has 164 valence electrons. The zero-order valence-electron chi connectivity index (χ0n) is 17.7. The number of rotatable bonds is 3. The van der Waals surface area contributed by atoms with E-state index in [4.69, 9.17) is 17.3 Å². The van der Waals surface area contributed by atoms with E-state index in [1.165, 1.54) is 30.2 Å². The molecule has 0 bridgehead atoms. The Morgan fingerprint density at radius 2 is 2.10 bits per heavy atom. The van der Waals surface area contributed by atoms with Crippen molar-refractivity contribution < 1.29 is 14.0 Å². The van der Waals surface area contributed by atoms with Gasteiger partial charge in [0, 0.05) is 67.6 Å². The molecule has 9 heteroatoms. The highest BCUT2D eigenvalue weighted by Crippen LogP contribution is 2.52.